The van der Waals surface area contributed by atoms with Crippen molar-refractivity contribution >= 4 is 27.5 Å². The Morgan fingerprint density at radius 1 is 1.00 bits per heavy atom. The third-order valence-corrected chi connectivity index (χ3v) is 0. The fraction of sp³-hybridized carbons (Fsp3) is 0. The van der Waals surface area contributed by atoms with Crippen LogP contribution < -0.4 is 0 Å². The van der Waals surface area contributed by atoms with Gasteiger partial charge in [0.25, 0.3) is 0 Å². The molecule has 0 atom stereocenters. The van der Waals surface area contributed by atoms with Crippen molar-refractivity contribution in [2.24, 2.45) is 0 Å². The summed E-state index contributed by atoms with van der Waals surface area (Å²) >= 11 is 0. The van der Waals surface area contributed by atoms with Crippen LogP contribution in [0.5, 0.6) is 0 Å². The molecule has 0 aromatic heterocycles. The molecule has 0 unspecified atom stereocenters. The van der Waals surface area contributed by atoms with E-state index in [0.717, 1.165) is 0 Å². The molecule has 0 aliphatic carbocycles. The first-order valence-electron chi connectivity index (χ1n) is 0. The number of hydrogen-bond acceptors (Lipinski definition) is 0. The molecule has 0 fully saturated rings. The predicted molar refractivity (Wildman–Crippen MR) is 24.6 cm³/mol. The van der Waals surface area contributed by atoms with Gasteiger partial charge in [-0.3, -0.25) is 4.70 Å². The Hall–Kier alpha value is 0.591. The summed E-state index contributed by atoms with van der Waals surface area (Å²) in [5.41, 5.74) is 0. The Morgan fingerprint density at radius 2 is 1.00 bits per heavy atom. The van der Waals surface area contributed by atoms with E-state index in [4.69, 9.17) is 0 Å². The molecule has 4 heteroatoms. The van der Waals surface area contributed by atoms with Crippen molar-refractivity contribution in [1.82, 2.24) is 0 Å². The van der Waals surface area contributed by atoms with E-state index in [-0.39, 0.29) is 37.7 Å². The van der Waals surface area contributed by atoms with Gasteiger partial charge in [-0.05, 0) is 0 Å². The van der Waals surface area contributed by atoms with E-state index in [1.165, 1.54) is 0 Å². The summed E-state index contributed by atoms with van der Waals surface area (Å²) in [4.78, 5) is 0. The van der Waals surface area contributed by atoms with Crippen LogP contribution in [0.2, 0.25) is 0 Å². The molecule has 0 rings (SSSR count). The van der Waals surface area contributed by atoms with Crippen molar-refractivity contribution < 1.29 is 10.2 Å². The Labute approximate surface area is 38.4 Å². The van der Waals surface area contributed by atoms with Gasteiger partial charge >= 0.3 is 10.1 Å². The zero-order valence-electron chi connectivity index (χ0n) is 0.908. The molecule has 26 valence electrons. The Morgan fingerprint density at radius 3 is 1.00 bits per heavy atom. The number of rotatable bonds is 0. The van der Waals surface area contributed by atoms with Crippen molar-refractivity contribution in [3.05, 3.63) is 0 Å². The van der Waals surface area contributed by atoms with Crippen molar-refractivity contribution in [3.63, 3.8) is 0 Å². The molecule has 4 heavy (non-hydrogen) atoms. The van der Waals surface area contributed by atoms with Crippen molar-refractivity contribution in [2.45, 2.75) is 0 Å². The van der Waals surface area contributed by atoms with Gasteiger partial charge < -0.3 is 5.48 Å². The summed E-state index contributed by atoms with van der Waals surface area (Å²) in [5, 5.41) is 0. The first kappa shape index (κ1) is 169. The van der Waals surface area contributed by atoms with Gasteiger partial charge in [0, 0.05) is 0 Å². The molecule has 0 saturated heterocycles. The third-order valence-electron chi connectivity index (χ3n) is 0. The topological polar surface area (TPSA) is 31.5 Å². The second-order valence-corrected chi connectivity index (χ2v) is 0. The van der Waals surface area contributed by atoms with Crippen LogP contribution in [0.3, 0.4) is 0 Å². The third kappa shape index (κ3) is 18.8. The summed E-state index contributed by atoms with van der Waals surface area (Å²) in [6, 6.07) is 0. The fourth-order valence-corrected chi connectivity index (χ4v) is 0. The molecule has 0 aliphatic heterocycles. The van der Waals surface area contributed by atoms with Crippen LogP contribution in [0.1, 0.15) is 0 Å². The van der Waals surface area contributed by atoms with E-state index in [2.05, 4.69) is 0 Å². The molecular formula is H8AlBeFO. The van der Waals surface area contributed by atoms with E-state index in [1.54, 1.807) is 0 Å². The monoisotopic (exact) mass is 79.0 g/mol. The van der Waals surface area contributed by atoms with Gasteiger partial charge in [0.05, 0.1) is 0 Å². The average molecular weight is 79.1 g/mol. The predicted octanol–water partition coefficient (Wildman–Crippen LogP) is -2.77. The molecule has 0 aromatic carbocycles. The van der Waals surface area contributed by atoms with Gasteiger partial charge in [-0.15, -0.1) is 0 Å². The molecule has 0 aliphatic rings. The zero-order valence-corrected chi connectivity index (χ0v) is 0.908. The van der Waals surface area contributed by atoms with Crippen LogP contribution in [0.25, 0.3) is 0 Å². The molecule has 0 heterocycles. The molecule has 0 amide bonds. The first-order chi connectivity index (χ1) is 0. The molecule has 0 spiro atoms. The Kier molecular flexibility index (Phi) is 2920. The van der Waals surface area contributed by atoms with Crippen molar-refractivity contribution in [1.29, 1.82) is 0 Å². The molecule has 1 nitrogen and oxygen atoms in total. The first-order valence-corrected chi connectivity index (χ1v) is 0. The Balaban J connectivity index is 0. The van der Waals surface area contributed by atoms with Crippen LogP contribution in [0.15, 0.2) is 0 Å². The van der Waals surface area contributed by atoms with Crippen molar-refractivity contribution in [3.8, 4) is 0 Å². The zero-order chi connectivity index (χ0) is 0. The van der Waals surface area contributed by atoms with E-state index in [0.29, 0.717) is 0 Å². The van der Waals surface area contributed by atoms with Crippen LogP contribution in [0.4, 0.5) is 4.70 Å². The Bertz CT molecular complexity index is 8.00. The molecule has 2 N–H and O–H groups in total. The average Bonchev–Trinajstić information content (AvgIpc) is 0. The van der Waals surface area contributed by atoms with Gasteiger partial charge in [-0.1, -0.05) is 0 Å². The summed E-state index contributed by atoms with van der Waals surface area (Å²) in [6.45, 7) is 0. The molecular weight excluding hydrogens is 71.0 g/mol. The molecule has 0 aromatic rings. The minimum absolute atomic E-state index is 0. The van der Waals surface area contributed by atoms with Gasteiger partial charge in [0.1, 0.15) is 0 Å². The van der Waals surface area contributed by atoms with Crippen molar-refractivity contribution in [2.75, 3.05) is 0 Å². The standard InChI is InChI=1S/Al.Be.FH.H2O.5H/h;;1H;1H2;;;;;. The van der Waals surface area contributed by atoms with E-state index in [9.17, 15) is 0 Å². The summed E-state index contributed by atoms with van der Waals surface area (Å²) < 4.78 is 0. The van der Waals surface area contributed by atoms with Gasteiger partial charge in [0.2, 0.25) is 0 Å². The second kappa shape index (κ2) is 69.0. The van der Waals surface area contributed by atoms with Crippen LogP contribution in [-0.4, -0.2) is 33.0 Å². The molecule has 0 radical (unpaired) electrons. The fourth-order valence-electron chi connectivity index (χ4n) is 0. The second-order valence-electron chi connectivity index (χ2n) is 0. The normalized spacial score (nSPS) is 0. The van der Waals surface area contributed by atoms with E-state index < -0.39 is 0 Å². The maximum atomic E-state index is 0. The molecule has 0 bridgehead atoms. The quantitative estimate of drug-likeness (QED) is 0.281. The summed E-state index contributed by atoms with van der Waals surface area (Å²) in [5.74, 6) is 0. The maximum absolute atomic E-state index is 0. The minimum atomic E-state index is 0. The van der Waals surface area contributed by atoms with Gasteiger partial charge in [0.15, 0.2) is 17.4 Å². The van der Waals surface area contributed by atoms with Crippen LogP contribution in [0, 0.1) is 0 Å². The summed E-state index contributed by atoms with van der Waals surface area (Å²) in [7, 11) is 0. The molecule has 0 saturated carbocycles. The SMILES string of the molecule is F.O.[AlH3].[BeH2]. The van der Waals surface area contributed by atoms with Gasteiger partial charge in [-0.2, -0.15) is 0 Å². The van der Waals surface area contributed by atoms with Gasteiger partial charge in [-0.25, -0.2) is 0 Å². The number of hydrogen-bond donors (Lipinski definition) is 0. The van der Waals surface area contributed by atoms with Crippen LogP contribution in [-0.2, 0) is 0 Å². The summed E-state index contributed by atoms with van der Waals surface area (Å²) in [6.07, 6.45) is 0. The van der Waals surface area contributed by atoms with E-state index >= 15 is 0 Å². The van der Waals surface area contributed by atoms with Crippen LogP contribution >= 0.6 is 0 Å². The van der Waals surface area contributed by atoms with E-state index in [1.807, 2.05) is 0 Å². The number of halogens is 1.